The molecule has 0 radical (unpaired) electrons. The number of likely N-dealkylation sites (tertiary alicyclic amines) is 1. The Balaban J connectivity index is 2.32. The number of hydrogen-bond acceptors (Lipinski definition) is 3. The van der Waals surface area contributed by atoms with E-state index in [1.165, 1.54) is 0 Å². The van der Waals surface area contributed by atoms with Crippen molar-refractivity contribution >= 4 is 5.91 Å². The summed E-state index contributed by atoms with van der Waals surface area (Å²) < 4.78 is 0. The van der Waals surface area contributed by atoms with Gasteiger partial charge in [0, 0.05) is 6.54 Å². The van der Waals surface area contributed by atoms with Crippen LogP contribution in [-0.4, -0.2) is 43.0 Å². The molecule has 16 heavy (non-hydrogen) atoms. The molecule has 1 unspecified atom stereocenters. The Labute approximate surface area is 98.6 Å². The monoisotopic (exact) mass is 227 g/mol. The zero-order valence-corrected chi connectivity index (χ0v) is 10.5. The number of amides is 1. The van der Waals surface area contributed by atoms with Gasteiger partial charge in [0.15, 0.2) is 0 Å². The first-order chi connectivity index (χ1) is 7.69. The molecule has 0 spiro atoms. The molecule has 94 valence electrons. The third-order valence-electron chi connectivity index (χ3n) is 3.46. The van der Waals surface area contributed by atoms with Crippen LogP contribution in [0.5, 0.6) is 0 Å². The average molecular weight is 227 g/mol. The molecule has 1 saturated heterocycles. The highest BCUT2D eigenvalue weighted by Gasteiger charge is 2.25. The number of nitrogens with zero attached hydrogens (tertiary/aromatic N) is 1. The second-order valence-electron chi connectivity index (χ2n) is 4.68. The van der Waals surface area contributed by atoms with Crippen LogP contribution in [0.1, 0.15) is 33.1 Å². The van der Waals surface area contributed by atoms with Gasteiger partial charge in [0.2, 0.25) is 5.91 Å². The van der Waals surface area contributed by atoms with Crippen molar-refractivity contribution in [2.45, 2.75) is 39.2 Å². The zero-order chi connectivity index (χ0) is 12.0. The first-order valence-corrected chi connectivity index (χ1v) is 6.40. The van der Waals surface area contributed by atoms with Crippen LogP contribution in [-0.2, 0) is 4.79 Å². The fourth-order valence-electron chi connectivity index (χ4n) is 2.14. The van der Waals surface area contributed by atoms with E-state index < -0.39 is 0 Å². The van der Waals surface area contributed by atoms with Gasteiger partial charge in [0.25, 0.3) is 0 Å². The van der Waals surface area contributed by atoms with Crippen LogP contribution in [0.25, 0.3) is 0 Å². The SMILES string of the molecule is CCCNC(=O)C(C)N1CCC(CN)CC1. The first kappa shape index (κ1) is 13.5. The minimum atomic E-state index is 0.00488. The molecule has 1 aliphatic heterocycles. The van der Waals surface area contributed by atoms with Crippen molar-refractivity contribution in [3.63, 3.8) is 0 Å². The van der Waals surface area contributed by atoms with Gasteiger partial charge >= 0.3 is 0 Å². The average Bonchev–Trinajstić information content (AvgIpc) is 2.35. The summed E-state index contributed by atoms with van der Waals surface area (Å²) in [6.45, 7) is 7.63. The molecule has 4 heteroatoms. The number of carbonyl (C=O) groups excluding carboxylic acids is 1. The van der Waals surface area contributed by atoms with Crippen LogP contribution in [0.3, 0.4) is 0 Å². The molecular weight excluding hydrogens is 202 g/mol. The van der Waals surface area contributed by atoms with Gasteiger partial charge in [-0.05, 0) is 51.7 Å². The molecule has 1 aliphatic rings. The first-order valence-electron chi connectivity index (χ1n) is 6.40. The van der Waals surface area contributed by atoms with Gasteiger partial charge in [-0.3, -0.25) is 9.69 Å². The molecule has 0 aromatic heterocycles. The minimum absolute atomic E-state index is 0.00488. The Kier molecular flexibility index (Phi) is 5.77. The predicted molar refractivity (Wildman–Crippen MR) is 66.1 cm³/mol. The summed E-state index contributed by atoms with van der Waals surface area (Å²) in [7, 11) is 0. The van der Waals surface area contributed by atoms with E-state index in [0.717, 1.165) is 45.4 Å². The molecule has 1 rings (SSSR count). The van der Waals surface area contributed by atoms with Gasteiger partial charge in [0.05, 0.1) is 6.04 Å². The summed E-state index contributed by atoms with van der Waals surface area (Å²) in [5.74, 6) is 0.815. The summed E-state index contributed by atoms with van der Waals surface area (Å²) in [6.07, 6.45) is 3.25. The molecule has 3 N–H and O–H groups in total. The van der Waals surface area contributed by atoms with E-state index in [4.69, 9.17) is 5.73 Å². The summed E-state index contributed by atoms with van der Waals surface area (Å²) in [4.78, 5) is 14.0. The van der Waals surface area contributed by atoms with Gasteiger partial charge in [-0.2, -0.15) is 0 Å². The van der Waals surface area contributed by atoms with Crippen molar-refractivity contribution < 1.29 is 4.79 Å². The second-order valence-corrected chi connectivity index (χ2v) is 4.68. The van der Waals surface area contributed by atoms with E-state index >= 15 is 0 Å². The smallest absolute Gasteiger partial charge is 0.237 e. The van der Waals surface area contributed by atoms with Crippen LogP contribution >= 0.6 is 0 Å². The van der Waals surface area contributed by atoms with Crippen LogP contribution in [0.2, 0.25) is 0 Å². The maximum atomic E-state index is 11.8. The van der Waals surface area contributed by atoms with Crippen molar-refractivity contribution in [1.82, 2.24) is 10.2 Å². The molecule has 1 atom stereocenters. The van der Waals surface area contributed by atoms with E-state index in [1.54, 1.807) is 0 Å². The van der Waals surface area contributed by atoms with Crippen LogP contribution < -0.4 is 11.1 Å². The topological polar surface area (TPSA) is 58.4 Å². The third-order valence-corrected chi connectivity index (χ3v) is 3.46. The van der Waals surface area contributed by atoms with E-state index in [9.17, 15) is 4.79 Å². The fraction of sp³-hybridized carbons (Fsp3) is 0.917. The molecule has 0 aromatic rings. The van der Waals surface area contributed by atoms with Crippen molar-refractivity contribution in [3.05, 3.63) is 0 Å². The van der Waals surface area contributed by atoms with Gasteiger partial charge in [0.1, 0.15) is 0 Å². The van der Waals surface area contributed by atoms with E-state index in [0.29, 0.717) is 5.92 Å². The summed E-state index contributed by atoms with van der Waals surface area (Å²) in [5, 5.41) is 2.95. The molecule has 1 heterocycles. The lowest BCUT2D eigenvalue weighted by atomic mass is 9.96. The standard InChI is InChI=1S/C12H25N3O/c1-3-6-14-12(16)10(2)15-7-4-11(9-13)5-8-15/h10-11H,3-9,13H2,1-2H3,(H,14,16). The Morgan fingerprint density at radius 3 is 2.62 bits per heavy atom. The zero-order valence-electron chi connectivity index (χ0n) is 10.5. The second kappa shape index (κ2) is 6.86. The lowest BCUT2D eigenvalue weighted by Gasteiger charge is -2.34. The highest BCUT2D eigenvalue weighted by molar-refractivity contribution is 5.81. The number of piperidine rings is 1. The Hall–Kier alpha value is -0.610. The summed E-state index contributed by atoms with van der Waals surface area (Å²) in [5.41, 5.74) is 5.65. The Morgan fingerprint density at radius 2 is 2.12 bits per heavy atom. The molecule has 0 bridgehead atoms. The van der Waals surface area contributed by atoms with Crippen molar-refractivity contribution in [3.8, 4) is 0 Å². The summed E-state index contributed by atoms with van der Waals surface area (Å²) >= 11 is 0. The van der Waals surface area contributed by atoms with Crippen molar-refractivity contribution in [1.29, 1.82) is 0 Å². The Bertz CT molecular complexity index is 212. The number of nitrogens with one attached hydrogen (secondary N) is 1. The molecular formula is C12H25N3O. The van der Waals surface area contributed by atoms with Crippen molar-refractivity contribution in [2.24, 2.45) is 11.7 Å². The molecule has 0 saturated carbocycles. The minimum Gasteiger partial charge on any atom is -0.355 e. The number of carbonyl (C=O) groups is 1. The van der Waals surface area contributed by atoms with E-state index in [-0.39, 0.29) is 11.9 Å². The number of rotatable bonds is 5. The normalized spacial score (nSPS) is 20.7. The highest BCUT2D eigenvalue weighted by Crippen LogP contribution is 2.17. The van der Waals surface area contributed by atoms with Crippen LogP contribution in [0, 0.1) is 5.92 Å². The number of nitrogens with two attached hydrogens (primary N) is 1. The van der Waals surface area contributed by atoms with Crippen molar-refractivity contribution in [2.75, 3.05) is 26.2 Å². The van der Waals surface area contributed by atoms with Gasteiger partial charge in [-0.25, -0.2) is 0 Å². The van der Waals surface area contributed by atoms with Crippen LogP contribution in [0.4, 0.5) is 0 Å². The fourth-order valence-corrected chi connectivity index (χ4v) is 2.14. The largest absolute Gasteiger partial charge is 0.355 e. The lowest BCUT2D eigenvalue weighted by Crippen LogP contribution is -2.48. The molecule has 1 amide bonds. The molecule has 0 aliphatic carbocycles. The van der Waals surface area contributed by atoms with E-state index in [2.05, 4.69) is 17.1 Å². The lowest BCUT2D eigenvalue weighted by molar-refractivity contribution is -0.126. The van der Waals surface area contributed by atoms with Gasteiger partial charge < -0.3 is 11.1 Å². The predicted octanol–water partition coefficient (Wildman–Crippen LogP) is 0.572. The van der Waals surface area contributed by atoms with E-state index in [1.807, 2.05) is 6.92 Å². The quantitative estimate of drug-likeness (QED) is 0.722. The maximum Gasteiger partial charge on any atom is 0.237 e. The number of hydrogen-bond donors (Lipinski definition) is 2. The summed E-state index contributed by atoms with van der Waals surface area (Å²) in [6, 6.07) is 0.00488. The third kappa shape index (κ3) is 3.76. The van der Waals surface area contributed by atoms with Gasteiger partial charge in [-0.1, -0.05) is 6.92 Å². The highest BCUT2D eigenvalue weighted by atomic mass is 16.2. The Morgan fingerprint density at radius 1 is 1.50 bits per heavy atom. The van der Waals surface area contributed by atoms with Crippen LogP contribution in [0.15, 0.2) is 0 Å². The molecule has 4 nitrogen and oxygen atoms in total. The molecule has 1 fully saturated rings. The molecule has 0 aromatic carbocycles. The van der Waals surface area contributed by atoms with Gasteiger partial charge in [-0.15, -0.1) is 0 Å². The maximum absolute atomic E-state index is 11.8.